The van der Waals surface area contributed by atoms with Crippen LogP contribution in [0.4, 0.5) is 5.82 Å². The summed E-state index contributed by atoms with van der Waals surface area (Å²) in [6.45, 7) is 5.61. The molecule has 0 radical (unpaired) electrons. The van der Waals surface area contributed by atoms with Gasteiger partial charge < -0.3 is 15.5 Å². The van der Waals surface area contributed by atoms with Crippen molar-refractivity contribution in [3.05, 3.63) is 22.8 Å². The Labute approximate surface area is 131 Å². The van der Waals surface area contributed by atoms with Crippen molar-refractivity contribution in [1.29, 1.82) is 0 Å². The fourth-order valence-electron chi connectivity index (χ4n) is 2.64. The van der Waals surface area contributed by atoms with E-state index in [1.807, 2.05) is 6.92 Å². The molecule has 1 amide bonds. The predicted octanol–water partition coefficient (Wildman–Crippen LogP) is 2.24. The lowest BCUT2D eigenvalue weighted by Gasteiger charge is -2.29. The zero-order chi connectivity index (χ0) is 15.2. The number of hydrogen-bond donors (Lipinski definition) is 2. The molecule has 2 rings (SSSR count). The molecule has 2 N–H and O–H groups in total. The first-order valence-corrected chi connectivity index (χ1v) is 7.84. The molecule has 1 aliphatic heterocycles. The van der Waals surface area contributed by atoms with Gasteiger partial charge in [-0.3, -0.25) is 4.79 Å². The molecule has 2 heterocycles. The van der Waals surface area contributed by atoms with Crippen LogP contribution in [0.1, 0.15) is 30.1 Å². The first-order chi connectivity index (χ1) is 10.1. The van der Waals surface area contributed by atoms with Crippen LogP contribution >= 0.6 is 11.6 Å². The quantitative estimate of drug-likeness (QED) is 0.876. The Kier molecular flexibility index (Phi) is 5.82. The van der Waals surface area contributed by atoms with E-state index in [-0.39, 0.29) is 5.91 Å². The molecule has 0 saturated carbocycles. The average molecular weight is 311 g/mol. The zero-order valence-corrected chi connectivity index (χ0v) is 13.4. The number of carbonyl (C=O) groups is 1. The fourth-order valence-corrected chi connectivity index (χ4v) is 2.87. The highest BCUT2D eigenvalue weighted by atomic mass is 35.5. The lowest BCUT2D eigenvalue weighted by atomic mass is 9.98. The number of piperidine rings is 1. The summed E-state index contributed by atoms with van der Waals surface area (Å²) in [5.74, 6) is 1.03. The summed E-state index contributed by atoms with van der Waals surface area (Å²) in [7, 11) is 2.12. The first-order valence-electron chi connectivity index (χ1n) is 7.46. The molecule has 0 spiro atoms. The number of pyridine rings is 1. The third-order valence-electron chi connectivity index (χ3n) is 3.72. The number of anilines is 1. The van der Waals surface area contributed by atoms with E-state index in [1.54, 1.807) is 12.3 Å². The van der Waals surface area contributed by atoms with Gasteiger partial charge in [0.15, 0.2) is 0 Å². The van der Waals surface area contributed by atoms with Crippen LogP contribution in [0.15, 0.2) is 12.3 Å². The third-order valence-corrected chi connectivity index (χ3v) is 4.01. The van der Waals surface area contributed by atoms with Crippen molar-refractivity contribution in [1.82, 2.24) is 15.2 Å². The highest BCUT2D eigenvalue weighted by Crippen LogP contribution is 2.20. The van der Waals surface area contributed by atoms with Gasteiger partial charge >= 0.3 is 0 Å². The van der Waals surface area contributed by atoms with Crippen molar-refractivity contribution in [3.8, 4) is 0 Å². The SMILES string of the molecule is CCNc1ncc(C(=O)NCC2CCCN(C)C2)cc1Cl. The van der Waals surface area contributed by atoms with E-state index in [4.69, 9.17) is 11.6 Å². The van der Waals surface area contributed by atoms with E-state index in [9.17, 15) is 4.79 Å². The topological polar surface area (TPSA) is 57.3 Å². The van der Waals surface area contributed by atoms with Crippen LogP contribution < -0.4 is 10.6 Å². The van der Waals surface area contributed by atoms with Gasteiger partial charge in [-0.1, -0.05) is 11.6 Å². The molecular weight excluding hydrogens is 288 g/mol. The van der Waals surface area contributed by atoms with Crippen molar-refractivity contribution in [2.24, 2.45) is 5.92 Å². The van der Waals surface area contributed by atoms with Crippen LogP contribution in [0.5, 0.6) is 0 Å². The van der Waals surface area contributed by atoms with Gasteiger partial charge in [0.2, 0.25) is 0 Å². The van der Waals surface area contributed by atoms with Gasteiger partial charge in [-0.25, -0.2) is 4.98 Å². The maximum atomic E-state index is 12.1. The molecule has 21 heavy (non-hydrogen) atoms. The van der Waals surface area contributed by atoms with E-state index in [0.29, 0.717) is 28.9 Å². The lowest BCUT2D eigenvalue weighted by Crippen LogP contribution is -2.39. The van der Waals surface area contributed by atoms with Crippen LogP contribution in [-0.4, -0.2) is 49.0 Å². The van der Waals surface area contributed by atoms with Crippen LogP contribution in [-0.2, 0) is 0 Å². The monoisotopic (exact) mass is 310 g/mol. The number of halogens is 1. The summed E-state index contributed by atoms with van der Waals surface area (Å²) in [5.41, 5.74) is 0.505. The van der Waals surface area contributed by atoms with Crippen molar-refractivity contribution in [3.63, 3.8) is 0 Å². The normalized spacial score (nSPS) is 19.3. The summed E-state index contributed by atoms with van der Waals surface area (Å²) in [5, 5.41) is 6.51. The zero-order valence-electron chi connectivity index (χ0n) is 12.7. The van der Waals surface area contributed by atoms with E-state index < -0.39 is 0 Å². The van der Waals surface area contributed by atoms with Gasteiger partial charge in [0, 0.05) is 25.8 Å². The predicted molar refractivity (Wildman–Crippen MR) is 86.0 cm³/mol. The second-order valence-electron chi connectivity index (χ2n) is 5.57. The van der Waals surface area contributed by atoms with Gasteiger partial charge in [-0.05, 0) is 45.3 Å². The Hall–Kier alpha value is -1.33. The van der Waals surface area contributed by atoms with Crippen LogP contribution in [0.3, 0.4) is 0 Å². The second-order valence-corrected chi connectivity index (χ2v) is 5.97. The highest BCUT2D eigenvalue weighted by Gasteiger charge is 2.18. The van der Waals surface area contributed by atoms with Crippen LogP contribution in [0.25, 0.3) is 0 Å². The van der Waals surface area contributed by atoms with Gasteiger partial charge in [-0.15, -0.1) is 0 Å². The number of hydrogen-bond acceptors (Lipinski definition) is 4. The molecule has 5 nitrogen and oxygen atoms in total. The first kappa shape index (κ1) is 16.0. The summed E-state index contributed by atoms with van der Waals surface area (Å²) in [6, 6.07) is 1.66. The molecule has 0 aromatic carbocycles. The van der Waals surface area contributed by atoms with Gasteiger partial charge in [0.05, 0.1) is 10.6 Å². The lowest BCUT2D eigenvalue weighted by molar-refractivity contribution is 0.0936. The second kappa shape index (κ2) is 7.61. The Bertz CT molecular complexity index is 495. The maximum absolute atomic E-state index is 12.1. The van der Waals surface area contributed by atoms with Crippen LogP contribution in [0.2, 0.25) is 5.02 Å². The number of nitrogens with zero attached hydrogens (tertiary/aromatic N) is 2. The molecule has 1 fully saturated rings. The van der Waals surface area contributed by atoms with Crippen molar-refractivity contribution in [2.45, 2.75) is 19.8 Å². The van der Waals surface area contributed by atoms with Gasteiger partial charge in [0.1, 0.15) is 5.82 Å². The molecule has 1 aromatic rings. The number of amides is 1. The molecule has 1 atom stereocenters. The van der Waals surface area contributed by atoms with Crippen molar-refractivity contribution < 1.29 is 4.79 Å². The molecular formula is C15H23ClN4O. The van der Waals surface area contributed by atoms with Crippen molar-refractivity contribution in [2.75, 3.05) is 38.5 Å². The average Bonchev–Trinajstić information content (AvgIpc) is 2.47. The van der Waals surface area contributed by atoms with Gasteiger partial charge in [-0.2, -0.15) is 0 Å². The van der Waals surface area contributed by atoms with Gasteiger partial charge in [0.25, 0.3) is 5.91 Å². The maximum Gasteiger partial charge on any atom is 0.252 e. The van der Waals surface area contributed by atoms with E-state index >= 15 is 0 Å². The van der Waals surface area contributed by atoms with Crippen LogP contribution in [0, 0.1) is 5.92 Å². The Morgan fingerprint density at radius 3 is 3.05 bits per heavy atom. The summed E-state index contributed by atoms with van der Waals surface area (Å²) in [6.07, 6.45) is 3.93. The summed E-state index contributed by atoms with van der Waals surface area (Å²) < 4.78 is 0. The molecule has 1 unspecified atom stereocenters. The molecule has 0 aliphatic carbocycles. The number of carbonyl (C=O) groups excluding carboxylic acids is 1. The van der Waals surface area contributed by atoms with E-state index in [2.05, 4.69) is 27.6 Å². The minimum atomic E-state index is -0.110. The third kappa shape index (κ3) is 4.58. The Morgan fingerprint density at radius 2 is 2.38 bits per heavy atom. The molecule has 116 valence electrons. The summed E-state index contributed by atoms with van der Waals surface area (Å²) >= 11 is 6.11. The van der Waals surface area contributed by atoms with E-state index in [1.165, 1.54) is 12.8 Å². The minimum absolute atomic E-state index is 0.110. The largest absolute Gasteiger partial charge is 0.369 e. The standard InChI is InChI=1S/C15H23ClN4O/c1-3-17-14-13(16)7-12(9-18-14)15(21)19-8-11-5-4-6-20(2)10-11/h7,9,11H,3-6,8,10H2,1-2H3,(H,17,18)(H,19,21). The number of aromatic nitrogens is 1. The molecule has 1 aromatic heterocycles. The van der Waals surface area contributed by atoms with E-state index in [0.717, 1.165) is 19.6 Å². The number of nitrogens with one attached hydrogen (secondary N) is 2. The van der Waals surface area contributed by atoms with Crippen molar-refractivity contribution >= 4 is 23.3 Å². The highest BCUT2D eigenvalue weighted by molar-refractivity contribution is 6.33. The smallest absolute Gasteiger partial charge is 0.252 e. The molecule has 1 saturated heterocycles. The molecule has 0 bridgehead atoms. The summed E-state index contributed by atoms with van der Waals surface area (Å²) in [4.78, 5) is 18.6. The number of likely N-dealkylation sites (tertiary alicyclic amines) is 1. The fraction of sp³-hybridized carbons (Fsp3) is 0.600. The molecule has 6 heteroatoms. The minimum Gasteiger partial charge on any atom is -0.369 e. The number of rotatable bonds is 5. The molecule has 1 aliphatic rings. The Morgan fingerprint density at radius 1 is 1.57 bits per heavy atom. The Balaban J connectivity index is 1.89.